The summed E-state index contributed by atoms with van der Waals surface area (Å²) in [5.41, 5.74) is 7.22. The molecule has 1 unspecified atom stereocenters. The van der Waals surface area contributed by atoms with Gasteiger partial charge in [0.15, 0.2) is 5.82 Å². The molecule has 1 heterocycles. The van der Waals surface area contributed by atoms with Crippen molar-refractivity contribution >= 4 is 5.69 Å². The molecule has 100 valence electrons. The molecule has 0 aliphatic heterocycles. The molecule has 1 aliphatic carbocycles. The van der Waals surface area contributed by atoms with Crippen LogP contribution in [0.2, 0.25) is 0 Å². The van der Waals surface area contributed by atoms with Crippen LogP contribution in [0.3, 0.4) is 0 Å². The second-order valence-electron chi connectivity index (χ2n) is 5.81. The number of anilines is 1. The van der Waals surface area contributed by atoms with Gasteiger partial charge in [-0.25, -0.2) is 9.07 Å². The summed E-state index contributed by atoms with van der Waals surface area (Å²) in [6.45, 7) is 5.23. The van der Waals surface area contributed by atoms with Gasteiger partial charge in [-0.05, 0) is 46.4 Å². The summed E-state index contributed by atoms with van der Waals surface area (Å²) in [6.07, 6.45) is 1.17. The van der Waals surface area contributed by atoms with E-state index in [2.05, 4.69) is 29.4 Å². The van der Waals surface area contributed by atoms with E-state index in [-0.39, 0.29) is 5.82 Å². The normalized spacial score (nSPS) is 20.5. The third-order valence-electron chi connectivity index (χ3n) is 3.90. The molecule has 0 radical (unpaired) electrons. The fourth-order valence-electron chi connectivity index (χ4n) is 2.35. The van der Waals surface area contributed by atoms with Gasteiger partial charge >= 0.3 is 0 Å². The standard InChI is InChI=1S/C13H16FN5/c1-13(2)6-8(13)7-19-12(16-17-18-19)10-4-3-9(14)5-11(10)15/h3-5,8H,6-7,15H2,1-2H3. The van der Waals surface area contributed by atoms with Crippen molar-refractivity contribution in [3.63, 3.8) is 0 Å². The lowest BCUT2D eigenvalue weighted by Gasteiger charge is -2.08. The first-order valence-electron chi connectivity index (χ1n) is 6.29. The number of rotatable bonds is 3. The second kappa shape index (κ2) is 4.01. The lowest BCUT2D eigenvalue weighted by atomic mass is 10.1. The zero-order valence-electron chi connectivity index (χ0n) is 11.0. The van der Waals surface area contributed by atoms with Crippen molar-refractivity contribution in [2.75, 3.05) is 5.73 Å². The number of aromatic nitrogens is 4. The lowest BCUT2D eigenvalue weighted by molar-refractivity contribution is 0.467. The number of hydrogen-bond acceptors (Lipinski definition) is 4. The molecule has 6 heteroatoms. The van der Waals surface area contributed by atoms with E-state index in [9.17, 15) is 4.39 Å². The number of nitrogens with two attached hydrogens (primary N) is 1. The molecule has 0 saturated heterocycles. The Hall–Kier alpha value is -1.98. The van der Waals surface area contributed by atoms with Crippen LogP contribution in [0, 0.1) is 17.2 Å². The molecule has 2 aromatic rings. The van der Waals surface area contributed by atoms with Crippen molar-refractivity contribution in [2.24, 2.45) is 11.3 Å². The van der Waals surface area contributed by atoms with E-state index in [1.165, 1.54) is 18.6 Å². The van der Waals surface area contributed by atoms with Crippen molar-refractivity contribution in [1.82, 2.24) is 20.2 Å². The van der Waals surface area contributed by atoms with Crippen LogP contribution in [0.4, 0.5) is 10.1 Å². The summed E-state index contributed by atoms with van der Waals surface area (Å²) in [4.78, 5) is 0. The molecule has 1 aromatic carbocycles. The number of hydrogen-bond donors (Lipinski definition) is 1. The van der Waals surface area contributed by atoms with Gasteiger partial charge in [-0.3, -0.25) is 0 Å². The molecule has 1 aliphatic rings. The van der Waals surface area contributed by atoms with Gasteiger partial charge in [0.2, 0.25) is 0 Å². The number of nitrogens with zero attached hydrogens (tertiary/aromatic N) is 4. The van der Waals surface area contributed by atoms with Gasteiger partial charge in [0.05, 0.1) is 0 Å². The second-order valence-corrected chi connectivity index (χ2v) is 5.81. The third kappa shape index (κ3) is 2.18. The number of benzene rings is 1. The first kappa shape index (κ1) is 12.1. The molecular formula is C13H16FN5. The number of halogens is 1. The highest BCUT2D eigenvalue weighted by Crippen LogP contribution is 2.52. The summed E-state index contributed by atoms with van der Waals surface area (Å²) >= 11 is 0. The smallest absolute Gasteiger partial charge is 0.184 e. The van der Waals surface area contributed by atoms with E-state index in [0.717, 1.165) is 6.54 Å². The molecule has 1 fully saturated rings. The molecule has 19 heavy (non-hydrogen) atoms. The summed E-state index contributed by atoms with van der Waals surface area (Å²) in [7, 11) is 0. The van der Waals surface area contributed by atoms with Gasteiger partial charge in [0, 0.05) is 17.8 Å². The molecular weight excluding hydrogens is 245 g/mol. The highest BCUT2D eigenvalue weighted by Gasteiger charge is 2.46. The van der Waals surface area contributed by atoms with E-state index in [0.29, 0.717) is 28.4 Å². The topological polar surface area (TPSA) is 69.6 Å². The Balaban J connectivity index is 1.91. The van der Waals surface area contributed by atoms with Crippen molar-refractivity contribution in [3.05, 3.63) is 24.0 Å². The average molecular weight is 261 g/mol. The van der Waals surface area contributed by atoms with E-state index < -0.39 is 0 Å². The van der Waals surface area contributed by atoms with Crippen LogP contribution in [0.1, 0.15) is 20.3 Å². The first-order chi connectivity index (χ1) is 8.97. The molecule has 3 rings (SSSR count). The number of tetrazole rings is 1. The fraction of sp³-hybridized carbons (Fsp3) is 0.462. The Kier molecular flexibility index (Phi) is 2.55. The highest BCUT2D eigenvalue weighted by atomic mass is 19.1. The zero-order chi connectivity index (χ0) is 13.6. The maximum atomic E-state index is 13.1. The zero-order valence-corrected chi connectivity index (χ0v) is 11.0. The van der Waals surface area contributed by atoms with Crippen LogP contribution in [0.15, 0.2) is 18.2 Å². The van der Waals surface area contributed by atoms with E-state index >= 15 is 0 Å². The summed E-state index contributed by atoms with van der Waals surface area (Å²) in [5.74, 6) is 0.820. The van der Waals surface area contributed by atoms with Gasteiger partial charge in [-0.2, -0.15) is 0 Å². The molecule has 1 saturated carbocycles. The summed E-state index contributed by atoms with van der Waals surface area (Å²) < 4.78 is 14.8. The van der Waals surface area contributed by atoms with Gasteiger partial charge in [0.1, 0.15) is 5.82 Å². The van der Waals surface area contributed by atoms with E-state index in [4.69, 9.17) is 5.73 Å². The quantitative estimate of drug-likeness (QED) is 0.859. The monoisotopic (exact) mass is 261 g/mol. The SMILES string of the molecule is CC1(C)CC1Cn1nnnc1-c1ccc(F)cc1N. The minimum absolute atomic E-state index is 0.353. The average Bonchev–Trinajstić information content (AvgIpc) is 2.72. The largest absolute Gasteiger partial charge is 0.398 e. The van der Waals surface area contributed by atoms with Crippen LogP contribution >= 0.6 is 0 Å². The highest BCUT2D eigenvalue weighted by molar-refractivity contribution is 5.71. The summed E-state index contributed by atoms with van der Waals surface area (Å²) in [5, 5.41) is 11.7. The maximum Gasteiger partial charge on any atom is 0.184 e. The Morgan fingerprint density at radius 3 is 2.84 bits per heavy atom. The van der Waals surface area contributed by atoms with Crippen LogP contribution in [0.25, 0.3) is 11.4 Å². The van der Waals surface area contributed by atoms with Crippen LogP contribution in [-0.2, 0) is 6.54 Å². The van der Waals surface area contributed by atoms with Crippen LogP contribution in [0.5, 0.6) is 0 Å². The number of nitrogen functional groups attached to an aromatic ring is 1. The van der Waals surface area contributed by atoms with Gasteiger partial charge in [0.25, 0.3) is 0 Å². The van der Waals surface area contributed by atoms with Crippen molar-refractivity contribution in [1.29, 1.82) is 0 Å². The Bertz CT molecular complexity index is 619. The first-order valence-corrected chi connectivity index (χ1v) is 6.29. The minimum Gasteiger partial charge on any atom is -0.398 e. The predicted molar refractivity (Wildman–Crippen MR) is 69.5 cm³/mol. The molecule has 0 spiro atoms. The molecule has 0 amide bonds. The van der Waals surface area contributed by atoms with Crippen molar-refractivity contribution < 1.29 is 4.39 Å². The fourth-order valence-corrected chi connectivity index (χ4v) is 2.35. The van der Waals surface area contributed by atoms with Gasteiger partial charge in [-0.15, -0.1) is 5.10 Å². The Morgan fingerprint density at radius 1 is 1.47 bits per heavy atom. The minimum atomic E-state index is -0.358. The van der Waals surface area contributed by atoms with Gasteiger partial charge in [-0.1, -0.05) is 13.8 Å². The van der Waals surface area contributed by atoms with Crippen molar-refractivity contribution in [2.45, 2.75) is 26.8 Å². The molecule has 1 atom stereocenters. The lowest BCUT2D eigenvalue weighted by Crippen LogP contribution is -2.08. The molecule has 0 bridgehead atoms. The third-order valence-corrected chi connectivity index (χ3v) is 3.90. The molecule has 1 aromatic heterocycles. The van der Waals surface area contributed by atoms with E-state index in [1.807, 2.05) is 0 Å². The predicted octanol–water partition coefficient (Wildman–Crippen LogP) is 2.11. The maximum absolute atomic E-state index is 13.1. The Labute approximate surface area is 110 Å². The van der Waals surface area contributed by atoms with Crippen molar-refractivity contribution in [3.8, 4) is 11.4 Å². The van der Waals surface area contributed by atoms with Crippen LogP contribution in [-0.4, -0.2) is 20.2 Å². The van der Waals surface area contributed by atoms with Gasteiger partial charge < -0.3 is 5.73 Å². The van der Waals surface area contributed by atoms with E-state index in [1.54, 1.807) is 10.7 Å². The van der Waals surface area contributed by atoms with Crippen LogP contribution < -0.4 is 5.73 Å². The molecule has 2 N–H and O–H groups in total. The Morgan fingerprint density at radius 2 is 2.21 bits per heavy atom. The summed E-state index contributed by atoms with van der Waals surface area (Å²) in [6, 6.07) is 4.27. The molecule has 5 nitrogen and oxygen atoms in total.